The van der Waals surface area contributed by atoms with E-state index in [-0.39, 0.29) is 5.91 Å². The number of amides is 1. The van der Waals surface area contributed by atoms with Gasteiger partial charge in [-0.2, -0.15) is 0 Å². The number of hydrogen-bond donors (Lipinski definition) is 1. The summed E-state index contributed by atoms with van der Waals surface area (Å²) < 4.78 is 6.79. The van der Waals surface area contributed by atoms with Crippen LogP contribution in [-0.2, 0) is 17.6 Å². The Labute approximate surface area is 151 Å². The van der Waals surface area contributed by atoms with Gasteiger partial charge in [-0.15, -0.1) is 11.3 Å². The minimum absolute atomic E-state index is 0.0624. The zero-order valence-corrected chi connectivity index (χ0v) is 15.1. The largest absolute Gasteiger partial charge is 0.494 e. The van der Waals surface area contributed by atoms with E-state index < -0.39 is 0 Å². The average Bonchev–Trinajstić information content (AvgIpc) is 3.04. The number of carbonyl (C=O) groups is 1. The molecule has 4 nitrogen and oxygen atoms in total. The molecule has 3 rings (SSSR count). The molecule has 1 N–H and O–H groups in total. The maximum Gasteiger partial charge on any atom is 0.220 e. The van der Waals surface area contributed by atoms with Gasteiger partial charge < -0.3 is 10.1 Å². The summed E-state index contributed by atoms with van der Waals surface area (Å²) in [5.74, 6) is 0.930. The van der Waals surface area contributed by atoms with Gasteiger partial charge in [0.1, 0.15) is 5.75 Å². The summed E-state index contributed by atoms with van der Waals surface area (Å²) in [5, 5.41) is 4.04. The van der Waals surface area contributed by atoms with E-state index in [0.29, 0.717) is 26.0 Å². The predicted molar refractivity (Wildman–Crippen MR) is 102 cm³/mol. The van der Waals surface area contributed by atoms with Crippen molar-refractivity contribution in [3.63, 3.8) is 0 Å². The SMILES string of the molecule is CCOc1ccccc1CCC(=O)NCCc1nc2ccccc2s1. The second-order valence-corrected chi connectivity index (χ2v) is 6.83. The Morgan fingerprint density at radius 3 is 2.76 bits per heavy atom. The van der Waals surface area contributed by atoms with Crippen molar-refractivity contribution in [2.75, 3.05) is 13.2 Å². The van der Waals surface area contributed by atoms with E-state index in [4.69, 9.17) is 4.74 Å². The highest BCUT2D eigenvalue weighted by molar-refractivity contribution is 7.18. The number of para-hydroxylation sites is 2. The lowest BCUT2D eigenvalue weighted by Gasteiger charge is -2.09. The van der Waals surface area contributed by atoms with Crippen LogP contribution in [0, 0.1) is 0 Å². The Morgan fingerprint density at radius 1 is 1.12 bits per heavy atom. The Kier molecular flexibility index (Phi) is 6.01. The Balaban J connectivity index is 1.45. The molecule has 0 saturated carbocycles. The quantitative estimate of drug-likeness (QED) is 0.665. The van der Waals surface area contributed by atoms with Crippen molar-refractivity contribution in [1.29, 1.82) is 0 Å². The van der Waals surface area contributed by atoms with Crippen LogP contribution in [0.5, 0.6) is 5.75 Å². The molecule has 3 aromatic rings. The molecule has 0 bridgehead atoms. The number of fused-ring (bicyclic) bond motifs is 1. The number of thiazole rings is 1. The van der Waals surface area contributed by atoms with Crippen molar-refractivity contribution in [1.82, 2.24) is 10.3 Å². The average molecular weight is 354 g/mol. The summed E-state index contributed by atoms with van der Waals surface area (Å²) in [4.78, 5) is 16.7. The molecule has 5 heteroatoms. The maximum atomic E-state index is 12.1. The number of rotatable bonds is 8. The molecule has 2 aromatic carbocycles. The second-order valence-electron chi connectivity index (χ2n) is 5.72. The highest BCUT2D eigenvalue weighted by Gasteiger charge is 2.07. The standard InChI is InChI=1S/C20H22N2O2S/c1-2-24-17-9-5-3-7-15(17)11-12-19(23)21-14-13-20-22-16-8-4-6-10-18(16)25-20/h3-10H,2,11-14H2,1H3,(H,21,23). The third-order valence-electron chi connectivity index (χ3n) is 3.89. The molecule has 1 amide bonds. The van der Waals surface area contributed by atoms with Gasteiger partial charge in [-0.25, -0.2) is 4.98 Å². The second kappa shape index (κ2) is 8.62. The van der Waals surface area contributed by atoms with Crippen molar-refractivity contribution in [2.24, 2.45) is 0 Å². The van der Waals surface area contributed by atoms with Crippen molar-refractivity contribution >= 4 is 27.5 Å². The number of aryl methyl sites for hydroxylation is 1. The van der Waals surface area contributed by atoms with Crippen LogP contribution in [-0.4, -0.2) is 24.0 Å². The maximum absolute atomic E-state index is 12.1. The third-order valence-corrected chi connectivity index (χ3v) is 4.99. The minimum atomic E-state index is 0.0624. The van der Waals surface area contributed by atoms with Crippen molar-refractivity contribution in [2.45, 2.75) is 26.2 Å². The molecule has 0 unspecified atom stereocenters. The van der Waals surface area contributed by atoms with Crippen LogP contribution in [0.3, 0.4) is 0 Å². The van der Waals surface area contributed by atoms with Crippen LogP contribution in [0.2, 0.25) is 0 Å². The first-order chi connectivity index (χ1) is 12.3. The Morgan fingerprint density at radius 2 is 1.92 bits per heavy atom. The lowest BCUT2D eigenvalue weighted by molar-refractivity contribution is -0.121. The molecular weight excluding hydrogens is 332 g/mol. The molecule has 0 fully saturated rings. The van der Waals surface area contributed by atoms with E-state index in [1.807, 2.05) is 49.4 Å². The van der Waals surface area contributed by atoms with Crippen LogP contribution in [0.25, 0.3) is 10.2 Å². The zero-order chi connectivity index (χ0) is 17.5. The first-order valence-electron chi connectivity index (χ1n) is 8.58. The van der Waals surface area contributed by atoms with Gasteiger partial charge in [-0.1, -0.05) is 30.3 Å². The van der Waals surface area contributed by atoms with Crippen molar-refractivity contribution < 1.29 is 9.53 Å². The third kappa shape index (κ3) is 4.79. The van der Waals surface area contributed by atoms with Gasteiger partial charge in [0.25, 0.3) is 0 Å². The van der Waals surface area contributed by atoms with Crippen LogP contribution < -0.4 is 10.1 Å². The highest BCUT2D eigenvalue weighted by atomic mass is 32.1. The molecule has 0 atom stereocenters. The summed E-state index contributed by atoms with van der Waals surface area (Å²) in [5.41, 5.74) is 2.10. The fourth-order valence-corrected chi connectivity index (χ4v) is 3.65. The molecule has 1 heterocycles. The normalized spacial score (nSPS) is 10.8. The molecule has 1 aromatic heterocycles. The van der Waals surface area contributed by atoms with E-state index in [1.165, 1.54) is 4.70 Å². The van der Waals surface area contributed by atoms with E-state index in [2.05, 4.69) is 16.4 Å². The molecule has 0 saturated heterocycles. The minimum Gasteiger partial charge on any atom is -0.494 e. The molecule has 0 aliphatic heterocycles. The summed E-state index contributed by atoms with van der Waals surface area (Å²) in [6.07, 6.45) is 1.91. The first kappa shape index (κ1) is 17.4. The zero-order valence-electron chi connectivity index (χ0n) is 14.3. The van der Waals surface area contributed by atoms with Gasteiger partial charge in [-0.05, 0) is 37.1 Å². The van der Waals surface area contributed by atoms with E-state index in [1.54, 1.807) is 11.3 Å². The number of hydrogen-bond acceptors (Lipinski definition) is 4. The fraction of sp³-hybridized carbons (Fsp3) is 0.300. The lowest BCUT2D eigenvalue weighted by Crippen LogP contribution is -2.25. The number of benzene rings is 2. The first-order valence-corrected chi connectivity index (χ1v) is 9.39. The highest BCUT2D eigenvalue weighted by Crippen LogP contribution is 2.22. The molecule has 130 valence electrons. The Hall–Kier alpha value is -2.40. The van der Waals surface area contributed by atoms with Gasteiger partial charge >= 0.3 is 0 Å². The van der Waals surface area contributed by atoms with Crippen LogP contribution in [0.15, 0.2) is 48.5 Å². The topological polar surface area (TPSA) is 51.2 Å². The summed E-state index contributed by atoms with van der Waals surface area (Å²) >= 11 is 1.69. The van der Waals surface area contributed by atoms with E-state index in [9.17, 15) is 4.79 Å². The van der Waals surface area contributed by atoms with E-state index in [0.717, 1.165) is 28.3 Å². The smallest absolute Gasteiger partial charge is 0.220 e. The molecule has 0 spiro atoms. The molecule has 0 radical (unpaired) electrons. The molecule has 0 aliphatic rings. The predicted octanol–water partition coefficient (Wildman–Crippen LogP) is 3.99. The Bertz CT molecular complexity index is 811. The van der Waals surface area contributed by atoms with Crippen LogP contribution in [0.1, 0.15) is 23.9 Å². The summed E-state index contributed by atoms with van der Waals surface area (Å²) in [6.45, 7) is 3.21. The van der Waals surface area contributed by atoms with Crippen molar-refractivity contribution in [3.8, 4) is 5.75 Å². The number of nitrogens with zero attached hydrogens (tertiary/aromatic N) is 1. The van der Waals surface area contributed by atoms with Gasteiger partial charge in [0.2, 0.25) is 5.91 Å². The molecular formula is C20H22N2O2S. The van der Waals surface area contributed by atoms with Crippen LogP contribution >= 0.6 is 11.3 Å². The van der Waals surface area contributed by atoms with E-state index >= 15 is 0 Å². The number of aromatic nitrogens is 1. The lowest BCUT2D eigenvalue weighted by atomic mass is 10.1. The molecule has 25 heavy (non-hydrogen) atoms. The monoisotopic (exact) mass is 354 g/mol. The summed E-state index contributed by atoms with van der Waals surface area (Å²) in [6, 6.07) is 16.0. The number of nitrogens with one attached hydrogen (secondary N) is 1. The summed E-state index contributed by atoms with van der Waals surface area (Å²) in [7, 11) is 0. The van der Waals surface area contributed by atoms with Gasteiger partial charge in [0, 0.05) is 19.4 Å². The van der Waals surface area contributed by atoms with Crippen molar-refractivity contribution in [3.05, 3.63) is 59.1 Å². The molecule has 0 aliphatic carbocycles. The number of carbonyl (C=O) groups excluding carboxylic acids is 1. The number of ether oxygens (including phenoxy) is 1. The fourth-order valence-electron chi connectivity index (χ4n) is 2.68. The van der Waals surface area contributed by atoms with Crippen LogP contribution in [0.4, 0.5) is 0 Å². The van der Waals surface area contributed by atoms with Gasteiger partial charge in [0.05, 0.1) is 21.8 Å². The van der Waals surface area contributed by atoms with Gasteiger partial charge in [0.15, 0.2) is 0 Å². The van der Waals surface area contributed by atoms with Gasteiger partial charge in [-0.3, -0.25) is 4.79 Å².